The van der Waals surface area contributed by atoms with Crippen molar-refractivity contribution in [2.24, 2.45) is 11.3 Å². The molecule has 2 N–H and O–H groups in total. The summed E-state index contributed by atoms with van der Waals surface area (Å²) in [6.07, 6.45) is 4.66. The van der Waals surface area contributed by atoms with Gasteiger partial charge in [0.2, 0.25) is 11.8 Å². The number of hydrogen-bond acceptors (Lipinski definition) is 7. The molecular weight excluding hydrogens is 298 g/mol. The molecular formula is C15H21N5O3. The topological polar surface area (TPSA) is 102 Å². The molecule has 1 aromatic heterocycles. The van der Waals surface area contributed by atoms with E-state index in [4.69, 9.17) is 4.74 Å². The summed E-state index contributed by atoms with van der Waals surface area (Å²) in [5.41, 5.74) is -0.0616. The van der Waals surface area contributed by atoms with Gasteiger partial charge in [0.1, 0.15) is 6.20 Å². The Hall–Kier alpha value is -1.96. The maximum atomic E-state index is 11.1. The second-order valence-corrected chi connectivity index (χ2v) is 7.29. The fourth-order valence-electron chi connectivity index (χ4n) is 3.86. The summed E-state index contributed by atoms with van der Waals surface area (Å²) in [6, 6.07) is 0.523. The van der Waals surface area contributed by atoms with Crippen molar-refractivity contribution in [3.63, 3.8) is 0 Å². The van der Waals surface area contributed by atoms with Crippen molar-refractivity contribution in [3.05, 3.63) is 16.3 Å². The average molecular weight is 319 g/mol. The number of aromatic nitrogens is 2. The molecule has 0 amide bonds. The Bertz CT molecular complexity index is 646. The molecule has 3 fully saturated rings. The summed E-state index contributed by atoms with van der Waals surface area (Å²) in [5, 5.41) is 17.6. The molecule has 1 saturated heterocycles. The molecule has 0 aromatic carbocycles. The van der Waals surface area contributed by atoms with E-state index in [0.717, 1.165) is 25.9 Å². The van der Waals surface area contributed by atoms with Crippen LogP contribution in [-0.4, -0.2) is 39.7 Å². The first-order valence-corrected chi connectivity index (χ1v) is 8.13. The van der Waals surface area contributed by atoms with Crippen LogP contribution in [0.15, 0.2) is 6.20 Å². The van der Waals surface area contributed by atoms with Crippen LogP contribution in [-0.2, 0) is 4.74 Å². The molecule has 3 aliphatic rings. The van der Waals surface area contributed by atoms with Crippen molar-refractivity contribution in [3.8, 4) is 0 Å². The molecule has 1 aliphatic heterocycles. The van der Waals surface area contributed by atoms with Crippen molar-refractivity contribution in [2.75, 3.05) is 17.2 Å². The van der Waals surface area contributed by atoms with Gasteiger partial charge in [0.15, 0.2) is 0 Å². The molecule has 124 valence electrons. The number of nitrogens with zero attached hydrogens (tertiary/aromatic N) is 3. The Morgan fingerprint density at radius 2 is 2.13 bits per heavy atom. The van der Waals surface area contributed by atoms with Crippen LogP contribution in [0.4, 0.5) is 17.5 Å². The van der Waals surface area contributed by atoms with Crippen molar-refractivity contribution in [1.29, 1.82) is 0 Å². The van der Waals surface area contributed by atoms with Crippen molar-refractivity contribution < 1.29 is 9.66 Å². The Morgan fingerprint density at radius 3 is 2.83 bits per heavy atom. The standard InChI is InChI=1S/C15H21N5O3/c1-15(2)11(9-5-6-23-12(9)15)18-14-16-7-10(20(21)22)13(19-14)17-8-3-4-8/h7-9,11-12H,3-6H2,1-2H3,(H2,16,17,18,19)/t9-,11-,12-/m1/s1. The Morgan fingerprint density at radius 1 is 1.35 bits per heavy atom. The van der Waals surface area contributed by atoms with E-state index in [2.05, 4.69) is 34.4 Å². The Labute approximate surface area is 134 Å². The SMILES string of the molecule is CC1(C)[C@H](Nc2ncc([N+](=O)[O-])c(NC3CC3)n2)[C@H]2CCO[C@H]21. The van der Waals surface area contributed by atoms with Crippen LogP contribution in [0.3, 0.4) is 0 Å². The molecule has 2 heterocycles. The predicted octanol–water partition coefficient (Wildman–Crippen LogP) is 2.18. The molecule has 23 heavy (non-hydrogen) atoms. The molecule has 2 saturated carbocycles. The summed E-state index contributed by atoms with van der Waals surface area (Å²) >= 11 is 0. The number of rotatable bonds is 5. The zero-order valence-corrected chi connectivity index (χ0v) is 13.3. The molecule has 2 aliphatic carbocycles. The first kappa shape index (κ1) is 14.6. The third kappa shape index (κ3) is 2.41. The quantitative estimate of drug-likeness (QED) is 0.633. The van der Waals surface area contributed by atoms with E-state index in [-0.39, 0.29) is 23.2 Å². The maximum Gasteiger partial charge on any atom is 0.329 e. The van der Waals surface area contributed by atoms with E-state index in [1.165, 1.54) is 6.20 Å². The fourth-order valence-corrected chi connectivity index (χ4v) is 3.86. The Kier molecular flexibility index (Phi) is 3.19. The van der Waals surface area contributed by atoms with Crippen LogP contribution < -0.4 is 10.6 Å². The lowest BCUT2D eigenvalue weighted by Gasteiger charge is -2.54. The number of nitro groups is 1. The van der Waals surface area contributed by atoms with E-state index in [0.29, 0.717) is 23.7 Å². The van der Waals surface area contributed by atoms with Gasteiger partial charge in [-0.3, -0.25) is 10.1 Å². The molecule has 0 unspecified atom stereocenters. The molecule has 0 spiro atoms. The van der Waals surface area contributed by atoms with Crippen molar-refractivity contribution in [1.82, 2.24) is 9.97 Å². The highest BCUT2D eigenvalue weighted by atomic mass is 16.6. The highest BCUT2D eigenvalue weighted by molar-refractivity contribution is 5.58. The van der Waals surface area contributed by atoms with Crippen molar-refractivity contribution >= 4 is 17.5 Å². The van der Waals surface area contributed by atoms with Gasteiger partial charge in [-0.2, -0.15) is 4.98 Å². The lowest BCUT2D eigenvalue weighted by atomic mass is 9.57. The van der Waals surface area contributed by atoms with Gasteiger partial charge in [0.05, 0.1) is 11.0 Å². The zero-order chi connectivity index (χ0) is 16.2. The predicted molar refractivity (Wildman–Crippen MR) is 84.4 cm³/mol. The van der Waals surface area contributed by atoms with Crippen LogP contribution in [0.5, 0.6) is 0 Å². The van der Waals surface area contributed by atoms with Gasteiger partial charge in [0, 0.05) is 30.0 Å². The van der Waals surface area contributed by atoms with Gasteiger partial charge in [-0.05, 0) is 19.3 Å². The number of hydrogen-bond donors (Lipinski definition) is 2. The van der Waals surface area contributed by atoms with Crippen LogP contribution in [0.1, 0.15) is 33.1 Å². The van der Waals surface area contributed by atoms with E-state index < -0.39 is 4.92 Å². The van der Waals surface area contributed by atoms with E-state index in [1.807, 2.05) is 0 Å². The second kappa shape index (κ2) is 5.02. The van der Waals surface area contributed by atoms with Gasteiger partial charge < -0.3 is 15.4 Å². The summed E-state index contributed by atoms with van der Waals surface area (Å²) in [5.74, 6) is 1.22. The third-order valence-corrected chi connectivity index (χ3v) is 5.27. The van der Waals surface area contributed by atoms with Crippen LogP contribution in [0.25, 0.3) is 0 Å². The smallest absolute Gasteiger partial charge is 0.329 e. The minimum atomic E-state index is -0.442. The Balaban J connectivity index is 1.56. The van der Waals surface area contributed by atoms with E-state index in [9.17, 15) is 10.1 Å². The summed E-state index contributed by atoms with van der Waals surface area (Å²) in [7, 11) is 0. The molecule has 8 nitrogen and oxygen atoms in total. The first-order valence-electron chi connectivity index (χ1n) is 8.13. The highest BCUT2D eigenvalue weighted by Crippen LogP contribution is 2.53. The minimum absolute atomic E-state index is 0.0103. The molecule has 0 bridgehead atoms. The lowest BCUT2D eigenvalue weighted by Crippen LogP contribution is -2.63. The number of fused-ring (bicyclic) bond motifs is 1. The van der Waals surface area contributed by atoms with Crippen LogP contribution in [0, 0.1) is 21.4 Å². The van der Waals surface area contributed by atoms with Crippen LogP contribution in [0.2, 0.25) is 0 Å². The first-order chi connectivity index (χ1) is 11.0. The average Bonchev–Trinajstić information content (AvgIpc) is 3.19. The maximum absolute atomic E-state index is 11.1. The third-order valence-electron chi connectivity index (χ3n) is 5.27. The fraction of sp³-hybridized carbons (Fsp3) is 0.733. The largest absolute Gasteiger partial charge is 0.377 e. The van der Waals surface area contributed by atoms with Gasteiger partial charge in [0.25, 0.3) is 0 Å². The van der Waals surface area contributed by atoms with Gasteiger partial charge in [-0.25, -0.2) is 4.98 Å². The summed E-state index contributed by atoms with van der Waals surface area (Å²) < 4.78 is 5.79. The van der Waals surface area contributed by atoms with Crippen LogP contribution >= 0.6 is 0 Å². The minimum Gasteiger partial charge on any atom is -0.377 e. The van der Waals surface area contributed by atoms with Gasteiger partial charge in [-0.15, -0.1) is 0 Å². The zero-order valence-electron chi connectivity index (χ0n) is 13.3. The van der Waals surface area contributed by atoms with Gasteiger partial charge in [-0.1, -0.05) is 13.8 Å². The normalized spacial score (nSPS) is 31.1. The molecule has 8 heteroatoms. The van der Waals surface area contributed by atoms with E-state index >= 15 is 0 Å². The van der Waals surface area contributed by atoms with Gasteiger partial charge >= 0.3 is 5.69 Å². The monoisotopic (exact) mass is 319 g/mol. The summed E-state index contributed by atoms with van der Waals surface area (Å²) in [4.78, 5) is 19.2. The highest BCUT2D eigenvalue weighted by Gasteiger charge is 2.59. The number of ether oxygens (including phenoxy) is 1. The van der Waals surface area contributed by atoms with Crippen molar-refractivity contribution in [2.45, 2.75) is 51.3 Å². The molecule has 1 aromatic rings. The van der Waals surface area contributed by atoms with E-state index in [1.54, 1.807) is 0 Å². The number of nitrogens with one attached hydrogen (secondary N) is 2. The molecule has 0 radical (unpaired) electrons. The summed E-state index contributed by atoms with van der Waals surface area (Å²) in [6.45, 7) is 5.14. The molecule has 4 rings (SSSR count). The second-order valence-electron chi connectivity index (χ2n) is 7.29. The lowest BCUT2D eigenvalue weighted by molar-refractivity contribution is -0.384. The number of anilines is 2. The molecule has 3 atom stereocenters.